The lowest BCUT2D eigenvalue weighted by Gasteiger charge is -2.26. The van der Waals surface area contributed by atoms with E-state index in [-0.39, 0.29) is 0 Å². The van der Waals surface area contributed by atoms with Crippen molar-refractivity contribution in [3.63, 3.8) is 0 Å². The summed E-state index contributed by atoms with van der Waals surface area (Å²) in [4.78, 5) is 11.3. The van der Waals surface area contributed by atoms with Crippen molar-refractivity contribution in [3.05, 3.63) is 6.20 Å². The normalized spacial score (nSPS) is 16.6. The fraction of sp³-hybridized carbons (Fsp3) is 0.615. The Bertz CT molecular complexity index is 574. The number of hydrogen-bond donors (Lipinski definition) is 2. The molecule has 0 saturated heterocycles. The maximum atomic E-state index is 4.64. The summed E-state index contributed by atoms with van der Waals surface area (Å²) in [6.45, 7) is 5.11. The maximum Gasteiger partial charge on any atom is 0.226 e. The number of rotatable bonds is 5. The van der Waals surface area contributed by atoms with Crippen molar-refractivity contribution in [2.75, 3.05) is 23.8 Å². The van der Waals surface area contributed by atoms with E-state index in [4.69, 9.17) is 0 Å². The van der Waals surface area contributed by atoms with Gasteiger partial charge in [-0.15, -0.1) is 0 Å². The molecule has 0 radical (unpaired) electrons. The maximum absolute atomic E-state index is 4.64. The summed E-state index contributed by atoms with van der Waals surface area (Å²) in [5.74, 6) is 2.41. The van der Waals surface area contributed by atoms with Crippen molar-refractivity contribution in [2.24, 2.45) is 5.92 Å². The third-order valence-corrected chi connectivity index (χ3v) is 3.87. The van der Waals surface area contributed by atoms with Crippen LogP contribution in [-0.4, -0.2) is 39.8 Å². The summed E-state index contributed by atoms with van der Waals surface area (Å²) in [5.41, 5.74) is 0.788. The van der Waals surface area contributed by atoms with E-state index in [9.17, 15) is 0 Å². The van der Waals surface area contributed by atoms with Gasteiger partial charge in [0.15, 0.2) is 5.65 Å². The Morgan fingerprint density at radius 2 is 2.26 bits per heavy atom. The molecule has 1 fully saturated rings. The topological polar surface area (TPSA) is 69.7 Å². The van der Waals surface area contributed by atoms with Crippen molar-refractivity contribution in [3.8, 4) is 0 Å². The highest BCUT2D eigenvalue weighted by Crippen LogP contribution is 2.37. The standard InChI is InChI=1S/C13H20N6/c1-4-14-13-16-11-10(7-15-18-11)12(17-13)19(3)8(2)9-5-6-9/h7-9H,4-6H2,1-3H3,(H2,14,15,16,17,18). The highest BCUT2D eigenvalue weighted by atomic mass is 15.3. The Hall–Kier alpha value is -1.85. The lowest BCUT2D eigenvalue weighted by atomic mass is 10.2. The zero-order valence-electron chi connectivity index (χ0n) is 11.6. The van der Waals surface area contributed by atoms with Gasteiger partial charge in [-0.05, 0) is 32.6 Å². The molecule has 0 bridgehead atoms. The van der Waals surface area contributed by atoms with Crippen molar-refractivity contribution in [2.45, 2.75) is 32.7 Å². The van der Waals surface area contributed by atoms with E-state index >= 15 is 0 Å². The molecular weight excluding hydrogens is 240 g/mol. The zero-order chi connectivity index (χ0) is 13.4. The Kier molecular flexibility index (Phi) is 3.00. The molecule has 19 heavy (non-hydrogen) atoms. The molecule has 1 aliphatic rings. The first-order valence-corrected chi connectivity index (χ1v) is 6.88. The van der Waals surface area contributed by atoms with Gasteiger partial charge in [0.25, 0.3) is 0 Å². The molecule has 0 aliphatic heterocycles. The van der Waals surface area contributed by atoms with E-state index in [1.165, 1.54) is 12.8 Å². The summed E-state index contributed by atoms with van der Waals surface area (Å²) in [6, 6.07) is 0.502. The molecular formula is C13H20N6. The first-order chi connectivity index (χ1) is 9.20. The molecule has 1 saturated carbocycles. The Morgan fingerprint density at radius 3 is 2.95 bits per heavy atom. The van der Waals surface area contributed by atoms with Crippen molar-refractivity contribution in [1.29, 1.82) is 0 Å². The molecule has 0 amide bonds. The van der Waals surface area contributed by atoms with Crippen LogP contribution in [0.1, 0.15) is 26.7 Å². The summed E-state index contributed by atoms with van der Waals surface area (Å²) >= 11 is 0. The molecule has 6 heteroatoms. The minimum Gasteiger partial charge on any atom is -0.356 e. The van der Waals surface area contributed by atoms with E-state index in [1.807, 2.05) is 6.92 Å². The summed E-state index contributed by atoms with van der Waals surface area (Å²) in [5, 5.41) is 11.2. The second kappa shape index (κ2) is 4.68. The third-order valence-electron chi connectivity index (χ3n) is 3.87. The fourth-order valence-corrected chi connectivity index (χ4v) is 2.41. The van der Waals surface area contributed by atoms with Gasteiger partial charge in [0, 0.05) is 19.6 Å². The molecule has 2 N–H and O–H groups in total. The van der Waals surface area contributed by atoms with E-state index < -0.39 is 0 Å². The van der Waals surface area contributed by atoms with E-state index in [2.05, 4.69) is 44.4 Å². The van der Waals surface area contributed by atoms with Gasteiger partial charge in [0.1, 0.15) is 5.82 Å². The smallest absolute Gasteiger partial charge is 0.226 e. The lowest BCUT2D eigenvalue weighted by molar-refractivity contribution is 0.605. The van der Waals surface area contributed by atoms with Crippen LogP contribution in [0.15, 0.2) is 6.20 Å². The number of anilines is 2. The summed E-state index contributed by atoms with van der Waals surface area (Å²) in [6.07, 6.45) is 4.45. The van der Waals surface area contributed by atoms with Crippen LogP contribution < -0.4 is 10.2 Å². The van der Waals surface area contributed by atoms with Gasteiger partial charge in [-0.25, -0.2) is 0 Å². The number of hydrogen-bond acceptors (Lipinski definition) is 5. The average molecular weight is 260 g/mol. The predicted octanol–water partition coefficient (Wildman–Crippen LogP) is 2.02. The highest BCUT2D eigenvalue weighted by Gasteiger charge is 2.32. The summed E-state index contributed by atoms with van der Waals surface area (Å²) < 4.78 is 0. The second-order valence-corrected chi connectivity index (χ2v) is 5.22. The van der Waals surface area contributed by atoms with Crippen LogP contribution in [0.4, 0.5) is 11.8 Å². The number of nitrogens with zero attached hydrogens (tertiary/aromatic N) is 4. The van der Waals surface area contributed by atoms with Crippen LogP contribution in [0.25, 0.3) is 11.0 Å². The number of aromatic amines is 1. The van der Waals surface area contributed by atoms with Crippen molar-refractivity contribution < 1.29 is 0 Å². The van der Waals surface area contributed by atoms with Gasteiger partial charge in [-0.1, -0.05) is 0 Å². The molecule has 0 spiro atoms. The lowest BCUT2D eigenvalue weighted by Crippen LogP contribution is -2.31. The van der Waals surface area contributed by atoms with Crippen molar-refractivity contribution in [1.82, 2.24) is 20.2 Å². The van der Waals surface area contributed by atoms with Crippen LogP contribution >= 0.6 is 0 Å². The fourth-order valence-electron chi connectivity index (χ4n) is 2.41. The van der Waals surface area contributed by atoms with Crippen LogP contribution in [0.5, 0.6) is 0 Å². The third kappa shape index (κ3) is 2.22. The largest absolute Gasteiger partial charge is 0.356 e. The number of nitrogens with one attached hydrogen (secondary N) is 2. The SMILES string of the molecule is CCNc1nc(N(C)C(C)C2CC2)c2cn[nH]c2n1. The molecule has 1 atom stereocenters. The molecule has 2 heterocycles. The van der Waals surface area contributed by atoms with Gasteiger partial charge in [0.2, 0.25) is 5.95 Å². The van der Waals surface area contributed by atoms with Crippen LogP contribution in [0.2, 0.25) is 0 Å². The van der Waals surface area contributed by atoms with E-state index in [1.54, 1.807) is 6.20 Å². The number of aromatic nitrogens is 4. The quantitative estimate of drug-likeness (QED) is 0.860. The van der Waals surface area contributed by atoms with Gasteiger partial charge in [-0.2, -0.15) is 15.1 Å². The van der Waals surface area contributed by atoms with Gasteiger partial charge >= 0.3 is 0 Å². The van der Waals surface area contributed by atoms with Crippen LogP contribution in [0.3, 0.4) is 0 Å². The van der Waals surface area contributed by atoms with E-state index in [0.29, 0.717) is 12.0 Å². The molecule has 3 rings (SSSR count). The second-order valence-electron chi connectivity index (χ2n) is 5.22. The summed E-state index contributed by atoms with van der Waals surface area (Å²) in [7, 11) is 2.10. The Balaban J connectivity index is 2.01. The molecule has 2 aromatic heterocycles. The first kappa shape index (κ1) is 12.2. The molecule has 6 nitrogen and oxygen atoms in total. The predicted molar refractivity (Wildman–Crippen MR) is 76.4 cm³/mol. The molecule has 1 unspecified atom stereocenters. The number of fused-ring (bicyclic) bond motifs is 1. The molecule has 1 aliphatic carbocycles. The molecule has 2 aromatic rings. The average Bonchev–Trinajstić information content (AvgIpc) is 3.15. The van der Waals surface area contributed by atoms with Crippen molar-refractivity contribution >= 4 is 22.8 Å². The number of H-pyrrole nitrogens is 1. The minimum atomic E-state index is 0.502. The Morgan fingerprint density at radius 1 is 1.47 bits per heavy atom. The first-order valence-electron chi connectivity index (χ1n) is 6.88. The highest BCUT2D eigenvalue weighted by molar-refractivity contribution is 5.87. The monoisotopic (exact) mass is 260 g/mol. The van der Waals surface area contributed by atoms with Crippen LogP contribution in [-0.2, 0) is 0 Å². The van der Waals surface area contributed by atoms with E-state index in [0.717, 1.165) is 29.3 Å². The molecule has 102 valence electrons. The Labute approximate surface area is 112 Å². The van der Waals surface area contributed by atoms with Gasteiger partial charge in [-0.3, -0.25) is 5.10 Å². The molecule has 0 aromatic carbocycles. The van der Waals surface area contributed by atoms with Gasteiger partial charge < -0.3 is 10.2 Å². The minimum absolute atomic E-state index is 0.502. The van der Waals surface area contributed by atoms with Gasteiger partial charge in [0.05, 0.1) is 11.6 Å². The van der Waals surface area contributed by atoms with Crippen LogP contribution in [0, 0.1) is 5.92 Å². The zero-order valence-corrected chi connectivity index (χ0v) is 11.6.